The van der Waals surface area contributed by atoms with Crippen molar-refractivity contribution in [1.29, 1.82) is 0 Å². The number of carbonyl (C=O) groups excluding carboxylic acids is 2. The number of rotatable bonds is 3. The van der Waals surface area contributed by atoms with Crippen molar-refractivity contribution in [1.82, 2.24) is 9.88 Å². The number of hydrogen-bond donors (Lipinski definition) is 2. The molecule has 0 unspecified atom stereocenters. The monoisotopic (exact) mass is 302 g/mol. The number of para-hydroxylation sites is 1. The second kappa shape index (κ2) is 6.38. The van der Waals surface area contributed by atoms with E-state index in [1.165, 1.54) is 0 Å². The summed E-state index contributed by atoms with van der Waals surface area (Å²) in [5, 5.41) is 20.5. The highest BCUT2D eigenvalue weighted by molar-refractivity contribution is 6.35. The van der Waals surface area contributed by atoms with Crippen LogP contribution in [0, 0.1) is 0 Å². The molecule has 1 aromatic heterocycles. The zero-order valence-corrected chi connectivity index (χ0v) is 12.7. The molecule has 0 saturated heterocycles. The number of aryl methyl sites for hydroxylation is 1. The van der Waals surface area contributed by atoms with Crippen molar-refractivity contribution in [2.24, 2.45) is 10.2 Å². The van der Waals surface area contributed by atoms with Gasteiger partial charge in [0.15, 0.2) is 5.69 Å². The van der Waals surface area contributed by atoms with E-state index in [1.54, 1.807) is 30.5 Å². The van der Waals surface area contributed by atoms with Gasteiger partial charge in [0.2, 0.25) is 5.88 Å². The number of aromatic hydroxyl groups is 1. The van der Waals surface area contributed by atoms with Gasteiger partial charge in [-0.3, -0.25) is 9.59 Å². The molecule has 1 aromatic carbocycles. The van der Waals surface area contributed by atoms with Crippen LogP contribution in [0.3, 0.4) is 0 Å². The summed E-state index contributed by atoms with van der Waals surface area (Å²) in [4.78, 5) is 23.1. The Morgan fingerprint density at radius 3 is 2.64 bits per heavy atom. The van der Waals surface area contributed by atoms with Crippen molar-refractivity contribution in [2.45, 2.75) is 33.4 Å². The van der Waals surface area contributed by atoms with Crippen LogP contribution in [0.2, 0.25) is 0 Å². The van der Waals surface area contributed by atoms with Crippen LogP contribution in [-0.4, -0.2) is 27.5 Å². The first-order valence-electron chi connectivity index (χ1n) is 7.02. The summed E-state index contributed by atoms with van der Waals surface area (Å²) in [6, 6.07) is 7.09. The zero-order valence-electron chi connectivity index (χ0n) is 12.7. The largest absolute Gasteiger partial charge is 0.493 e. The van der Waals surface area contributed by atoms with Gasteiger partial charge in [0.25, 0.3) is 0 Å². The second-order valence-electron chi connectivity index (χ2n) is 5.07. The van der Waals surface area contributed by atoms with E-state index < -0.39 is 11.8 Å². The number of amides is 2. The Hall–Kier alpha value is -2.70. The van der Waals surface area contributed by atoms with E-state index in [4.69, 9.17) is 0 Å². The third kappa shape index (κ3) is 2.98. The van der Waals surface area contributed by atoms with Gasteiger partial charge in [0, 0.05) is 18.0 Å². The van der Waals surface area contributed by atoms with Crippen molar-refractivity contribution < 1.29 is 14.7 Å². The number of aromatic nitrogens is 1. The minimum absolute atomic E-state index is 0.0792. The second-order valence-corrected chi connectivity index (χ2v) is 5.07. The lowest BCUT2D eigenvalue weighted by Gasteiger charge is -2.03. The van der Waals surface area contributed by atoms with Gasteiger partial charge in [0.05, 0.1) is 5.52 Å². The molecule has 2 N–H and O–H groups in total. The average molecular weight is 302 g/mol. The number of fused-ring (bicyclic) bond motifs is 1. The Morgan fingerprint density at radius 2 is 2.00 bits per heavy atom. The molecule has 7 nitrogen and oxygen atoms in total. The van der Waals surface area contributed by atoms with E-state index in [9.17, 15) is 14.7 Å². The maximum atomic E-state index is 11.6. The van der Waals surface area contributed by atoms with Crippen LogP contribution in [-0.2, 0) is 16.1 Å². The number of carbonyl (C=O) groups is 2. The van der Waals surface area contributed by atoms with Gasteiger partial charge in [-0.1, -0.05) is 18.2 Å². The summed E-state index contributed by atoms with van der Waals surface area (Å²) in [5.74, 6) is -1.90. The third-order valence-corrected chi connectivity index (χ3v) is 3.09. The standard InChI is InChI=1S/C15H18N4O3/c1-4-19-11-8-6-5-7-10(11)12(15(19)22)17-18-14(21)13(20)16-9(2)3/h5-9,22H,4H2,1-3H3,(H,16,20). The number of benzene rings is 1. The Bertz CT molecular complexity index is 747. The van der Waals surface area contributed by atoms with E-state index in [2.05, 4.69) is 15.5 Å². The first-order valence-corrected chi connectivity index (χ1v) is 7.02. The lowest BCUT2D eigenvalue weighted by atomic mass is 10.2. The molecule has 0 spiro atoms. The summed E-state index contributed by atoms with van der Waals surface area (Å²) in [6.07, 6.45) is 0. The van der Waals surface area contributed by atoms with Crippen molar-refractivity contribution in [2.75, 3.05) is 0 Å². The average Bonchev–Trinajstić information content (AvgIpc) is 2.75. The molecule has 7 heteroatoms. The molecule has 0 aliphatic heterocycles. The topological polar surface area (TPSA) is 96.0 Å². The molecule has 2 amide bonds. The van der Waals surface area contributed by atoms with Gasteiger partial charge in [-0.25, -0.2) is 0 Å². The van der Waals surface area contributed by atoms with Crippen LogP contribution in [0.4, 0.5) is 5.69 Å². The van der Waals surface area contributed by atoms with Gasteiger partial charge in [-0.05, 0) is 26.8 Å². The Kier molecular flexibility index (Phi) is 4.55. The number of nitrogens with one attached hydrogen (secondary N) is 1. The smallest absolute Gasteiger partial charge is 0.353 e. The van der Waals surface area contributed by atoms with Gasteiger partial charge < -0.3 is 15.0 Å². The fourth-order valence-corrected chi connectivity index (χ4v) is 2.16. The fourth-order valence-electron chi connectivity index (χ4n) is 2.16. The van der Waals surface area contributed by atoms with E-state index in [-0.39, 0.29) is 17.6 Å². The Labute approximate surface area is 127 Å². The molecule has 2 rings (SSSR count). The number of hydrogen-bond acceptors (Lipinski definition) is 4. The third-order valence-electron chi connectivity index (χ3n) is 3.09. The quantitative estimate of drug-likeness (QED) is 0.673. The van der Waals surface area contributed by atoms with Crippen LogP contribution in [0.25, 0.3) is 10.9 Å². The molecule has 0 aliphatic rings. The van der Waals surface area contributed by atoms with Gasteiger partial charge in [-0.15, -0.1) is 10.2 Å². The molecule has 0 radical (unpaired) electrons. The summed E-state index contributed by atoms with van der Waals surface area (Å²) < 4.78 is 1.66. The highest BCUT2D eigenvalue weighted by Crippen LogP contribution is 2.38. The Balaban J connectivity index is 2.36. The van der Waals surface area contributed by atoms with Crippen molar-refractivity contribution in [3.8, 4) is 5.88 Å². The molecular formula is C15H18N4O3. The summed E-state index contributed by atoms with van der Waals surface area (Å²) >= 11 is 0. The number of azo groups is 1. The minimum atomic E-state index is -0.999. The Morgan fingerprint density at radius 1 is 1.32 bits per heavy atom. The van der Waals surface area contributed by atoms with Crippen molar-refractivity contribution in [3.63, 3.8) is 0 Å². The van der Waals surface area contributed by atoms with E-state index in [0.717, 1.165) is 5.52 Å². The van der Waals surface area contributed by atoms with Gasteiger partial charge in [0.1, 0.15) is 0 Å². The summed E-state index contributed by atoms with van der Waals surface area (Å²) in [6.45, 7) is 5.91. The normalized spacial score (nSPS) is 11.5. The van der Waals surface area contributed by atoms with Crippen molar-refractivity contribution >= 4 is 28.4 Å². The summed E-state index contributed by atoms with van der Waals surface area (Å²) in [5.41, 5.74) is 0.971. The van der Waals surface area contributed by atoms with Crippen LogP contribution in [0.15, 0.2) is 34.5 Å². The van der Waals surface area contributed by atoms with E-state index in [0.29, 0.717) is 11.9 Å². The van der Waals surface area contributed by atoms with Crippen LogP contribution < -0.4 is 5.32 Å². The predicted octanol–water partition coefficient (Wildman–Crippen LogP) is 2.50. The highest BCUT2D eigenvalue weighted by atomic mass is 16.3. The van der Waals surface area contributed by atoms with Gasteiger partial charge in [-0.2, -0.15) is 0 Å². The zero-order chi connectivity index (χ0) is 16.3. The lowest BCUT2D eigenvalue weighted by molar-refractivity contribution is -0.137. The molecule has 2 aromatic rings. The van der Waals surface area contributed by atoms with Crippen LogP contribution >= 0.6 is 0 Å². The maximum absolute atomic E-state index is 11.6. The van der Waals surface area contributed by atoms with Crippen LogP contribution in [0.5, 0.6) is 5.88 Å². The SMILES string of the molecule is CCn1c(O)c(N=NC(=O)C(=O)NC(C)C)c2ccccc21. The lowest BCUT2D eigenvalue weighted by Crippen LogP contribution is -2.34. The van der Waals surface area contributed by atoms with Crippen LogP contribution in [0.1, 0.15) is 20.8 Å². The predicted molar refractivity (Wildman–Crippen MR) is 82.1 cm³/mol. The summed E-state index contributed by atoms with van der Waals surface area (Å²) in [7, 11) is 0. The molecule has 0 fully saturated rings. The minimum Gasteiger partial charge on any atom is -0.493 e. The molecule has 1 heterocycles. The molecule has 0 atom stereocenters. The first-order chi connectivity index (χ1) is 10.5. The maximum Gasteiger partial charge on any atom is 0.353 e. The molecule has 0 aliphatic carbocycles. The highest BCUT2D eigenvalue weighted by Gasteiger charge is 2.17. The first kappa shape index (κ1) is 15.7. The molecular weight excluding hydrogens is 284 g/mol. The van der Waals surface area contributed by atoms with E-state index >= 15 is 0 Å². The molecule has 0 bridgehead atoms. The number of nitrogens with zero attached hydrogens (tertiary/aromatic N) is 3. The molecule has 22 heavy (non-hydrogen) atoms. The molecule has 0 saturated carbocycles. The van der Waals surface area contributed by atoms with E-state index in [1.807, 2.05) is 19.1 Å². The van der Waals surface area contributed by atoms with Crippen molar-refractivity contribution in [3.05, 3.63) is 24.3 Å². The van der Waals surface area contributed by atoms with Gasteiger partial charge >= 0.3 is 11.8 Å². The molecule has 116 valence electrons. The fraction of sp³-hybridized carbons (Fsp3) is 0.333.